The van der Waals surface area contributed by atoms with E-state index in [1.807, 2.05) is 55.8 Å². The monoisotopic (exact) mass is 636 g/mol. The Morgan fingerprint density at radius 3 is 1.86 bits per heavy atom. The predicted molar refractivity (Wildman–Crippen MR) is 180 cm³/mol. The Morgan fingerprint density at radius 1 is 0.767 bits per heavy atom. The van der Waals surface area contributed by atoms with Crippen LogP contribution in [0.2, 0.25) is 0 Å². The van der Waals surface area contributed by atoms with Crippen LogP contribution in [-0.4, -0.2) is 76.1 Å². The third kappa shape index (κ3) is 8.00. The molecule has 0 N–H and O–H groups in total. The molecule has 3 aliphatic heterocycles. The molecule has 0 spiro atoms. The molecule has 3 aliphatic rings. The van der Waals surface area contributed by atoms with Crippen molar-refractivity contribution in [1.82, 2.24) is 4.90 Å². The Hall–Kier alpha value is -1.98. The maximum Gasteiger partial charge on any atom is 0.161 e. The lowest BCUT2D eigenvalue weighted by Crippen LogP contribution is -2.61. The molecule has 6 atom stereocenters. The molecule has 6 unspecified atom stereocenters. The van der Waals surface area contributed by atoms with Gasteiger partial charge in [0.05, 0.1) is 24.4 Å². The summed E-state index contributed by atoms with van der Waals surface area (Å²) < 4.78 is 27.8. The van der Waals surface area contributed by atoms with Gasteiger partial charge in [-0.15, -0.1) is 23.5 Å². The Labute approximate surface area is 268 Å². The van der Waals surface area contributed by atoms with Gasteiger partial charge in [0.25, 0.3) is 0 Å². The van der Waals surface area contributed by atoms with E-state index in [-0.39, 0.29) is 40.5 Å². The number of aliphatic imine (C=N–C) groups is 1. The van der Waals surface area contributed by atoms with E-state index >= 15 is 0 Å². The van der Waals surface area contributed by atoms with Crippen LogP contribution in [0.25, 0.3) is 0 Å². The molecule has 0 bridgehead atoms. The molecule has 6 rings (SSSR count). The molecular formula is C34H40N2O4S3. The van der Waals surface area contributed by atoms with Crippen molar-refractivity contribution in [3.05, 3.63) is 108 Å². The fraction of sp³-hybridized carbons (Fsp3) is 0.441. The standard InChI is InChI=1S/C34H40N2O4S3/c1-36(2)34-35-27-28(37-21-24-13-6-3-7-14-24)29(38-22-25-15-8-4-9-16-25)30(40-32(27)43-34)31(33-41-19-12-20-42-33)39-23-26-17-10-5-11-18-26/h3-11,13-18,27-33H,12,19-23H2,1-2H3. The van der Waals surface area contributed by atoms with Crippen LogP contribution in [0.4, 0.5) is 0 Å². The fourth-order valence-electron chi connectivity index (χ4n) is 5.54. The average molecular weight is 637 g/mol. The topological polar surface area (TPSA) is 52.5 Å². The highest BCUT2D eigenvalue weighted by molar-refractivity contribution is 8.17. The van der Waals surface area contributed by atoms with Crippen molar-refractivity contribution in [2.45, 2.75) is 66.7 Å². The summed E-state index contributed by atoms with van der Waals surface area (Å²) >= 11 is 5.63. The Bertz CT molecular complexity index is 1290. The first kappa shape index (κ1) is 31.0. The van der Waals surface area contributed by atoms with E-state index in [9.17, 15) is 0 Å². The minimum Gasteiger partial charge on any atom is -0.369 e. The second-order valence-corrected chi connectivity index (χ2v) is 15.0. The van der Waals surface area contributed by atoms with Gasteiger partial charge < -0.3 is 23.8 Å². The van der Waals surface area contributed by atoms with Crippen LogP contribution in [0.1, 0.15) is 23.1 Å². The summed E-state index contributed by atoms with van der Waals surface area (Å²) in [4.78, 5) is 7.19. The number of rotatable bonds is 11. The quantitative estimate of drug-likeness (QED) is 0.231. The molecular weight excluding hydrogens is 597 g/mol. The predicted octanol–water partition coefficient (Wildman–Crippen LogP) is 6.70. The number of hydrogen-bond acceptors (Lipinski definition) is 9. The number of thioether (sulfide) groups is 3. The van der Waals surface area contributed by atoms with E-state index in [0.717, 1.165) is 33.4 Å². The SMILES string of the molecule is CN(C)C1=NC2C(OC(C(OCc3ccccc3)C3SCCCS3)C(OCc3ccccc3)C2OCc2ccccc2)S1. The molecule has 43 heavy (non-hydrogen) atoms. The summed E-state index contributed by atoms with van der Waals surface area (Å²) in [5.41, 5.74) is 3.22. The maximum atomic E-state index is 7.04. The summed E-state index contributed by atoms with van der Waals surface area (Å²) in [6, 6.07) is 30.9. The van der Waals surface area contributed by atoms with E-state index in [1.54, 1.807) is 11.8 Å². The molecule has 6 nitrogen and oxygen atoms in total. The zero-order valence-electron chi connectivity index (χ0n) is 24.7. The van der Waals surface area contributed by atoms with Crippen molar-refractivity contribution in [2.75, 3.05) is 25.6 Å². The molecule has 2 fully saturated rings. The Kier molecular flexibility index (Phi) is 11.1. The molecule has 228 valence electrons. The molecule has 0 radical (unpaired) electrons. The van der Waals surface area contributed by atoms with Gasteiger partial charge in [0, 0.05) is 14.1 Å². The highest BCUT2D eigenvalue weighted by atomic mass is 32.2. The zero-order chi connectivity index (χ0) is 29.4. The lowest BCUT2D eigenvalue weighted by atomic mass is 9.94. The second-order valence-electron chi connectivity index (χ2n) is 11.1. The number of hydrogen-bond donors (Lipinski definition) is 0. The van der Waals surface area contributed by atoms with Gasteiger partial charge in [0.1, 0.15) is 35.9 Å². The van der Waals surface area contributed by atoms with Crippen molar-refractivity contribution in [2.24, 2.45) is 4.99 Å². The van der Waals surface area contributed by atoms with Gasteiger partial charge in [-0.05, 0) is 34.6 Å². The van der Waals surface area contributed by atoms with Crippen molar-refractivity contribution in [3.63, 3.8) is 0 Å². The number of amidine groups is 1. The molecule has 3 aromatic rings. The van der Waals surface area contributed by atoms with Crippen LogP contribution in [-0.2, 0) is 38.8 Å². The molecule has 0 aromatic heterocycles. The smallest absolute Gasteiger partial charge is 0.161 e. The molecule has 9 heteroatoms. The Balaban J connectivity index is 1.34. The van der Waals surface area contributed by atoms with Gasteiger partial charge in [-0.25, -0.2) is 0 Å². The van der Waals surface area contributed by atoms with Crippen molar-refractivity contribution in [3.8, 4) is 0 Å². The number of benzene rings is 3. The van der Waals surface area contributed by atoms with Gasteiger partial charge >= 0.3 is 0 Å². The zero-order valence-corrected chi connectivity index (χ0v) is 27.1. The summed E-state index contributed by atoms with van der Waals surface area (Å²) in [7, 11) is 4.07. The van der Waals surface area contributed by atoms with Crippen molar-refractivity contribution < 1.29 is 18.9 Å². The summed E-state index contributed by atoms with van der Waals surface area (Å²) in [5.74, 6) is 2.24. The van der Waals surface area contributed by atoms with E-state index in [1.165, 1.54) is 6.42 Å². The average Bonchev–Trinajstić information content (AvgIpc) is 3.50. The third-order valence-electron chi connectivity index (χ3n) is 7.72. The maximum absolute atomic E-state index is 7.04. The fourth-order valence-corrected chi connectivity index (χ4v) is 9.75. The van der Waals surface area contributed by atoms with Gasteiger partial charge in [0.2, 0.25) is 0 Å². The van der Waals surface area contributed by atoms with Crippen molar-refractivity contribution >= 4 is 40.5 Å². The highest BCUT2D eigenvalue weighted by Crippen LogP contribution is 2.44. The molecule has 3 heterocycles. The van der Waals surface area contributed by atoms with E-state index < -0.39 is 0 Å². The number of fused-ring (bicyclic) bond motifs is 1. The molecule has 0 saturated carbocycles. The lowest BCUT2D eigenvalue weighted by molar-refractivity contribution is -0.225. The number of nitrogens with zero attached hydrogens (tertiary/aromatic N) is 2. The molecule has 3 aromatic carbocycles. The van der Waals surface area contributed by atoms with E-state index in [2.05, 4.69) is 77.7 Å². The molecule has 2 saturated heterocycles. The van der Waals surface area contributed by atoms with Crippen LogP contribution in [0.15, 0.2) is 96.0 Å². The minimum absolute atomic E-state index is 0.179. The van der Waals surface area contributed by atoms with Crippen LogP contribution in [0.5, 0.6) is 0 Å². The van der Waals surface area contributed by atoms with Crippen LogP contribution < -0.4 is 0 Å². The summed E-state index contributed by atoms with van der Waals surface area (Å²) in [6.07, 6.45) is 0.00453. The summed E-state index contributed by atoms with van der Waals surface area (Å²) in [6.45, 7) is 1.46. The first-order valence-electron chi connectivity index (χ1n) is 14.9. The third-order valence-corrected chi connectivity index (χ3v) is 12.1. The highest BCUT2D eigenvalue weighted by Gasteiger charge is 2.54. The minimum atomic E-state index is -0.375. The van der Waals surface area contributed by atoms with Gasteiger partial charge in [-0.3, -0.25) is 4.99 Å². The lowest BCUT2D eigenvalue weighted by Gasteiger charge is -2.47. The molecule has 0 amide bonds. The summed E-state index contributed by atoms with van der Waals surface area (Å²) in [5, 5.41) is 0.953. The first-order valence-corrected chi connectivity index (χ1v) is 17.9. The van der Waals surface area contributed by atoms with Crippen molar-refractivity contribution in [1.29, 1.82) is 0 Å². The van der Waals surface area contributed by atoms with E-state index in [4.69, 9.17) is 23.9 Å². The largest absolute Gasteiger partial charge is 0.369 e. The number of ether oxygens (including phenoxy) is 4. The second kappa shape index (κ2) is 15.3. The van der Waals surface area contributed by atoms with Crippen LogP contribution >= 0.6 is 35.3 Å². The van der Waals surface area contributed by atoms with Crippen LogP contribution in [0, 0.1) is 0 Å². The van der Waals surface area contributed by atoms with Crippen LogP contribution in [0.3, 0.4) is 0 Å². The normalized spacial score (nSPS) is 26.5. The van der Waals surface area contributed by atoms with Gasteiger partial charge in [-0.2, -0.15) is 0 Å². The van der Waals surface area contributed by atoms with Gasteiger partial charge in [0.15, 0.2) is 5.17 Å². The van der Waals surface area contributed by atoms with Gasteiger partial charge in [-0.1, -0.05) is 103 Å². The molecule has 0 aliphatic carbocycles. The van der Waals surface area contributed by atoms with E-state index in [0.29, 0.717) is 19.8 Å². The first-order chi connectivity index (χ1) is 21.2. The Morgan fingerprint density at radius 2 is 1.30 bits per heavy atom.